The molecule has 1 amide bonds. The van der Waals surface area contributed by atoms with Crippen LogP contribution in [0.3, 0.4) is 0 Å². The molecule has 0 aromatic heterocycles. The summed E-state index contributed by atoms with van der Waals surface area (Å²) in [6, 6.07) is 5.79. The highest BCUT2D eigenvalue weighted by Gasteiger charge is 2.04. The lowest BCUT2D eigenvalue weighted by Gasteiger charge is -2.08. The van der Waals surface area contributed by atoms with E-state index >= 15 is 0 Å². The summed E-state index contributed by atoms with van der Waals surface area (Å²) in [7, 11) is 1.64. The van der Waals surface area contributed by atoms with Crippen molar-refractivity contribution in [1.82, 2.24) is 0 Å². The summed E-state index contributed by atoms with van der Waals surface area (Å²) in [5.74, 6) is 0.0301. The number of nitrogens with one attached hydrogen (secondary N) is 1. The molecule has 0 spiro atoms. The Kier molecular flexibility index (Phi) is 5.49. The van der Waals surface area contributed by atoms with Crippen LogP contribution >= 0.6 is 15.9 Å². The number of methoxy groups -OCH3 is 1. The Labute approximate surface area is 104 Å². The molecule has 1 rings (SSSR count). The van der Waals surface area contributed by atoms with Crippen LogP contribution in [-0.2, 0) is 9.53 Å². The lowest BCUT2D eigenvalue weighted by molar-refractivity contribution is -0.116. The summed E-state index contributed by atoms with van der Waals surface area (Å²) >= 11 is 3.38. The average Bonchev–Trinajstić information content (AvgIpc) is 2.23. The molecule has 0 aliphatic heterocycles. The molecule has 0 heterocycles. The fourth-order valence-corrected chi connectivity index (χ4v) is 1.83. The highest BCUT2D eigenvalue weighted by Crippen LogP contribution is 2.20. The molecule has 1 aromatic carbocycles. The number of hydrogen-bond donors (Lipinski definition) is 1. The minimum absolute atomic E-state index is 0.0301. The monoisotopic (exact) mass is 285 g/mol. The molecule has 0 aliphatic rings. The number of ether oxygens (including phenoxy) is 1. The molecule has 0 bridgehead atoms. The standard InChI is InChI=1S/C12H16BrNO2/c1-9-8-10(13)5-6-11(9)14-12(15)4-3-7-16-2/h5-6,8H,3-4,7H2,1-2H3,(H,14,15). The number of hydrogen-bond acceptors (Lipinski definition) is 2. The van der Waals surface area contributed by atoms with Crippen molar-refractivity contribution >= 4 is 27.5 Å². The maximum atomic E-state index is 11.5. The fourth-order valence-electron chi connectivity index (χ4n) is 1.36. The minimum atomic E-state index is 0.0301. The number of aryl methyl sites for hydroxylation is 1. The quantitative estimate of drug-likeness (QED) is 0.844. The van der Waals surface area contributed by atoms with E-state index in [1.807, 2.05) is 25.1 Å². The molecular weight excluding hydrogens is 270 g/mol. The van der Waals surface area contributed by atoms with Gasteiger partial charge in [-0.15, -0.1) is 0 Å². The van der Waals surface area contributed by atoms with E-state index in [2.05, 4.69) is 21.2 Å². The highest BCUT2D eigenvalue weighted by molar-refractivity contribution is 9.10. The van der Waals surface area contributed by atoms with Gasteiger partial charge in [0.25, 0.3) is 0 Å². The molecule has 0 radical (unpaired) electrons. The van der Waals surface area contributed by atoms with Crippen molar-refractivity contribution in [1.29, 1.82) is 0 Å². The van der Waals surface area contributed by atoms with E-state index in [1.54, 1.807) is 7.11 Å². The van der Waals surface area contributed by atoms with Crippen molar-refractivity contribution in [3.8, 4) is 0 Å². The van der Waals surface area contributed by atoms with Crippen LogP contribution in [0.4, 0.5) is 5.69 Å². The van der Waals surface area contributed by atoms with Crippen LogP contribution in [0.15, 0.2) is 22.7 Å². The molecule has 1 N–H and O–H groups in total. The van der Waals surface area contributed by atoms with Crippen LogP contribution < -0.4 is 5.32 Å². The first-order valence-electron chi connectivity index (χ1n) is 5.18. The third kappa shape index (κ3) is 4.33. The molecule has 0 saturated carbocycles. The third-order valence-corrected chi connectivity index (χ3v) is 2.71. The predicted molar refractivity (Wildman–Crippen MR) is 68.6 cm³/mol. The van der Waals surface area contributed by atoms with Crippen LogP contribution in [0.1, 0.15) is 18.4 Å². The van der Waals surface area contributed by atoms with Gasteiger partial charge in [-0.2, -0.15) is 0 Å². The molecule has 88 valence electrons. The van der Waals surface area contributed by atoms with Gasteiger partial charge in [0.1, 0.15) is 0 Å². The van der Waals surface area contributed by atoms with Gasteiger partial charge in [0.15, 0.2) is 0 Å². The van der Waals surface area contributed by atoms with E-state index in [-0.39, 0.29) is 5.91 Å². The number of halogens is 1. The molecule has 0 saturated heterocycles. The second-order valence-corrected chi connectivity index (χ2v) is 4.52. The largest absolute Gasteiger partial charge is 0.385 e. The topological polar surface area (TPSA) is 38.3 Å². The van der Waals surface area contributed by atoms with E-state index in [4.69, 9.17) is 4.74 Å². The molecule has 0 atom stereocenters. The number of rotatable bonds is 5. The molecular formula is C12H16BrNO2. The van der Waals surface area contributed by atoms with Gasteiger partial charge in [-0.05, 0) is 37.1 Å². The van der Waals surface area contributed by atoms with E-state index in [0.717, 1.165) is 22.1 Å². The number of carbonyl (C=O) groups excluding carboxylic acids is 1. The van der Waals surface area contributed by atoms with Crippen molar-refractivity contribution in [3.63, 3.8) is 0 Å². The Morgan fingerprint density at radius 1 is 1.50 bits per heavy atom. The van der Waals surface area contributed by atoms with E-state index < -0.39 is 0 Å². The summed E-state index contributed by atoms with van der Waals surface area (Å²) < 4.78 is 5.91. The van der Waals surface area contributed by atoms with E-state index in [0.29, 0.717) is 13.0 Å². The highest BCUT2D eigenvalue weighted by atomic mass is 79.9. The van der Waals surface area contributed by atoms with Crippen LogP contribution in [-0.4, -0.2) is 19.6 Å². The lowest BCUT2D eigenvalue weighted by Crippen LogP contribution is -2.12. The van der Waals surface area contributed by atoms with Crippen molar-refractivity contribution in [2.24, 2.45) is 0 Å². The Bertz CT molecular complexity index is 366. The van der Waals surface area contributed by atoms with Crippen LogP contribution in [0.2, 0.25) is 0 Å². The molecule has 4 heteroatoms. The van der Waals surface area contributed by atoms with E-state index in [9.17, 15) is 4.79 Å². The zero-order chi connectivity index (χ0) is 12.0. The van der Waals surface area contributed by atoms with Crippen LogP contribution in [0.25, 0.3) is 0 Å². The normalized spacial score (nSPS) is 10.2. The molecule has 0 unspecified atom stereocenters. The Morgan fingerprint density at radius 3 is 2.88 bits per heavy atom. The smallest absolute Gasteiger partial charge is 0.224 e. The van der Waals surface area contributed by atoms with Crippen LogP contribution in [0, 0.1) is 6.92 Å². The van der Waals surface area contributed by atoms with Gasteiger partial charge in [-0.3, -0.25) is 4.79 Å². The summed E-state index contributed by atoms with van der Waals surface area (Å²) in [5.41, 5.74) is 1.92. The van der Waals surface area contributed by atoms with Crippen LogP contribution in [0.5, 0.6) is 0 Å². The van der Waals surface area contributed by atoms with Crippen molar-refractivity contribution < 1.29 is 9.53 Å². The summed E-state index contributed by atoms with van der Waals surface area (Å²) in [6.07, 6.45) is 1.24. The van der Waals surface area contributed by atoms with Crippen molar-refractivity contribution in [3.05, 3.63) is 28.2 Å². The molecule has 16 heavy (non-hydrogen) atoms. The number of anilines is 1. The van der Waals surface area contributed by atoms with Gasteiger partial charge in [-0.25, -0.2) is 0 Å². The molecule has 1 aromatic rings. The van der Waals surface area contributed by atoms with Gasteiger partial charge < -0.3 is 10.1 Å². The second kappa shape index (κ2) is 6.66. The first-order chi connectivity index (χ1) is 7.63. The average molecular weight is 286 g/mol. The summed E-state index contributed by atoms with van der Waals surface area (Å²) in [4.78, 5) is 11.5. The first-order valence-corrected chi connectivity index (χ1v) is 5.97. The zero-order valence-corrected chi connectivity index (χ0v) is 11.1. The SMILES string of the molecule is COCCCC(=O)Nc1ccc(Br)cc1C. The Morgan fingerprint density at radius 2 is 2.25 bits per heavy atom. The zero-order valence-electron chi connectivity index (χ0n) is 9.55. The van der Waals surface area contributed by atoms with Gasteiger partial charge >= 0.3 is 0 Å². The predicted octanol–water partition coefficient (Wildman–Crippen LogP) is 3.12. The van der Waals surface area contributed by atoms with Gasteiger partial charge in [-0.1, -0.05) is 15.9 Å². The van der Waals surface area contributed by atoms with Crippen molar-refractivity contribution in [2.45, 2.75) is 19.8 Å². The number of amides is 1. The molecule has 0 aliphatic carbocycles. The van der Waals surface area contributed by atoms with Gasteiger partial charge in [0.05, 0.1) is 0 Å². The van der Waals surface area contributed by atoms with Gasteiger partial charge in [0.2, 0.25) is 5.91 Å². The van der Waals surface area contributed by atoms with Crippen molar-refractivity contribution in [2.75, 3.05) is 19.0 Å². The Balaban J connectivity index is 2.49. The summed E-state index contributed by atoms with van der Waals surface area (Å²) in [5, 5.41) is 2.88. The third-order valence-electron chi connectivity index (χ3n) is 2.21. The maximum Gasteiger partial charge on any atom is 0.224 e. The fraction of sp³-hybridized carbons (Fsp3) is 0.417. The lowest BCUT2D eigenvalue weighted by atomic mass is 10.2. The van der Waals surface area contributed by atoms with Gasteiger partial charge in [0, 0.05) is 30.3 Å². The summed E-state index contributed by atoms with van der Waals surface area (Å²) in [6.45, 7) is 2.59. The second-order valence-electron chi connectivity index (χ2n) is 3.60. The first kappa shape index (κ1) is 13.2. The molecule has 3 nitrogen and oxygen atoms in total. The number of carbonyl (C=O) groups is 1. The maximum absolute atomic E-state index is 11.5. The van der Waals surface area contributed by atoms with E-state index in [1.165, 1.54) is 0 Å². The minimum Gasteiger partial charge on any atom is -0.385 e. The number of benzene rings is 1. The Hall–Kier alpha value is -0.870. The molecule has 0 fully saturated rings.